The van der Waals surface area contributed by atoms with Crippen molar-refractivity contribution in [2.24, 2.45) is 5.92 Å². The van der Waals surface area contributed by atoms with Crippen molar-refractivity contribution in [2.75, 3.05) is 46.2 Å². The second-order valence-electron chi connectivity index (χ2n) is 4.87. The minimum Gasteiger partial charge on any atom is -0.380 e. The van der Waals surface area contributed by atoms with Crippen LogP contribution in [0, 0.1) is 5.92 Å². The molecular weight excluding hydrogens is 276 g/mol. The Hall–Kier alpha value is -1.18. The minimum absolute atomic E-state index is 0.135. The standard InChI is InChI=1S/C13H20N4O2S/c1-17-3-4-19-9-10(8-17)5-14-12(18)11-6-15-13(20-2)16-7-11/h6-7,10H,3-5,8-9H2,1-2H3,(H,14,18)/t10-/m0/s1. The Kier molecular flexibility index (Phi) is 5.75. The van der Waals surface area contributed by atoms with Crippen LogP contribution in [0.4, 0.5) is 0 Å². The van der Waals surface area contributed by atoms with Gasteiger partial charge in [0.15, 0.2) is 5.16 Å². The molecule has 1 atom stereocenters. The molecule has 20 heavy (non-hydrogen) atoms. The van der Waals surface area contributed by atoms with Gasteiger partial charge in [-0.1, -0.05) is 11.8 Å². The fourth-order valence-electron chi connectivity index (χ4n) is 2.06. The number of ether oxygens (including phenoxy) is 1. The maximum absolute atomic E-state index is 12.0. The normalized spacial score (nSPS) is 20.4. The number of carbonyl (C=O) groups excluding carboxylic acids is 1. The fraction of sp³-hybridized carbons (Fsp3) is 0.615. The topological polar surface area (TPSA) is 67.3 Å². The van der Waals surface area contributed by atoms with Crippen LogP contribution in [0.15, 0.2) is 17.6 Å². The number of nitrogens with one attached hydrogen (secondary N) is 1. The van der Waals surface area contributed by atoms with Crippen molar-refractivity contribution in [1.29, 1.82) is 0 Å². The first-order valence-corrected chi connectivity index (χ1v) is 7.82. The molecule has 1 amide bonds. The second kappa shape index (κ2) is 7.56. The van der Waals surface area contributed by atoms with E-state index in [1.165, 1.54) is 11.8 Å². The minimum atomic E-state index is -0.135. The third kappa shape index (κ3) is 4.43. The van der Waals surface area contributed by atoms with Crippen molar-refractivity contribution in [3.63, 3.8) is 0 Å². The average molecular weight is 296 g/mol. The molecule has 1 aromatic rings. The van der Waals surface area contributed by atoms with E-state index in [0.717, 1.165) is 19.7 Å². The van der Waals surface area contributed by atoms with Crippen molar-refractivity contribution < 1.29 is 9.53 Å². The number of rotatable bonds is 4. The number of hydrogen-bond donors (Lipinski definition) is 1. The monoisotopic (exact) mass is 296 g/mol. The number of hydrogen-bond acceptors (Lipinski definition) is 6. The van der Waals surface area contributed by atoms with E-state index in [0.29, 0.717) is 29.8 Å². The molecule has 1 saturated heterocycles. The number of carbonyl (C=O) groups is 1. The van der Waals surface area contributed by atoms with Gasteiger partial charge in [-0.3, -0.25) is 4.79 Å². The maximum atomic E-state index is 12.0. The van der Waals surface area contributed by atoms with E-state index >= 15 is 0 Å². The molecule has 0 bridgehead atoms. The molecule has 7 heteroatoms. The molecule has 1 aliphatic heterocycles. The summed E-state index contributed by atoms with van der Waals surface area (Å²) < 4.78 is 5.53. The third-order valence-electron chi connectivity index (χ3n) is 3.16. The smallest absolute Gasteiger partial charge is 0.254 e. The van der Waals surface area contributed by atoms with Gasteiger partial charge in [-0.15, -0.1) is 0 Å². The second-order valence-corrected chi connectivity index (χ2v) is 5.65. The van der Waals surface area contributed by atoms with E-state index in [1.54, 1.807) is 12.4 Å². The lowest BCUT2D eigenvalue weighted by Gasteiger charge is -2.19. The Morgan fingerprint density at radius 2 is 2.30 bits per heavy atom. The van der Waals surface area contributed by atoms with Crippen LogP contribution in [-0.4, -0.2) is 66.9 Å². The van der Waals surface area contributed by atoms with Crippen LogP contribution in [-0.2, 0) is 4.74 Å². The predicted octanol–water partition coefficient (Wildman–Crippen LogP) is 0.506. The zero-order chi connectivity index (χ0) is 14.4. The van der Waals surface area contributed by atoms with Gasteiger partial charge in [-0.25, -0.2) is 9.97 Å². The van der Waals surface area contributed by atoms with Gasteiger partial charge in [0.2, 0.25) is 0 Å². The van der Waals surface area contributed by atoms with Crippen molar-refractivity contribution in [3.05, 3.63) is 18.0 Å². The van der Waals surface area contributed by atoms with Crippen LogP contribution in [0.1, 0.15) is 10.4 Å². The maximum Gasteiger partial charge on any atom is 0.254 e. The molecule has 0 aromatic carbocycles. The van der Waals surface area contributed by atoms with Gasteiger partial charge in [0.05, 0.1) is 18.8 Å². The highest BCUT2D eigenvalue weighted by atomic mass is 32.2. The molecule has 110 valence electrons. The van der Waals surface area contributed by atoms with Crippen molar-refractivity contribution in [2.45, 2.75) is 5.16 Å². The quantitative estimate of drug-likeness (QED) is 0.645. The van der Waals surface area contributed by atoms with Gasteiger partial charge in [0.25, 0.3) is 5.91 Å². The molecule has 6 nitrogen and oxygen atoms in total. The van der Waals surface area contributed by atoms with Gasteiger partial charge >= 0.3 is 0 Å². The van der Waals surface area contributed by atoms with Crippen molar-refractivity contribution >= 4 is 17.7 Å². The summed E-state index contributed by atoms with van der Waals surface area (Å²) in [5, 5.41) is 3.59. The van der Waals surface area contributed by atoms with Crippen molar-refractivity contribution in [3.8, 4) is 0 Å². The van der Waals surface area contributed by atoms with Crippen LogP contribution >= 0.6 is 11.8 Å². The molecule has 0 saturated carbocycles. The molecule has 1 aliphatic rings. The zero-order valence-corrected chi connectivity index (χ0v) is 12.7. The summed E-state index contributed by atoms with van der Waals surface area (Å²) in [6.07, 6.45) is 5.02. The highest BCUT2D eigenvalue weighted by molar-refractivity contribution is 7.98. The number of likely N-dealkylation sites (N-methyl/N-ethyl adjacent to an activating group) is 1. The number of aromatic nitrogens is 2. The van der Waals surface area contributed by atoms with Crippen LogP contribution in [0.2, 0.25) is 0 Å². The Labute approximate surface area is 123 Å². The number of amides is 1. The fourth-order valence-corrected chi connectivity index (χ4v) is 2.37. The van der Waals surface area contributed by atoms with Gasteiger partial charge < -0.3 is 15.0 Å². The molecule has 1 N–H and O–H groups in total. The van der Waals surface area contributed by atoms with Crippen LogP contribution in [0.25, 0.3) is 0 Å². The summed E-state index contributed by atoms with van der Waals surface area (Å²) in [7, 11) is 2.07. The highest BCUT2D eigenvalue weighted by Crippen LogP contribution is 2.08. The first kappa shape index (κ1) is 15.2. The lowest BCUT2D eigenvalue weighted by Crippen LogP contribution is -2.35. The summed E-state index contributed by atoms with van der Waals surface area (Å²) in [5.41, 5.74) is 0.491. The van der Waals surface area contributed by atoms with E-state index in [4.69, 9.17) is 4.74 Å². The molecule has 0 radical (unpaired) electrons. The predicted molar refractivity (Wildman–Crippen MR) is 78.0 cm³/mol. The lowest BCUT2D eigenvalue weighted by atomic mass is 10.1. The van der Waals surface area contributed by atoms with E-state index in [1.807, 2.05) is 6.26 Å². The Balaban J connectivity index is 1.84. The Morgan fingerprint density at radius 3 is 3.00 bits per heavy atom. The molecule has 0 aliphatic carbocycles. The molecule has 1 aromatic heterocycles. The molecule has 0 spiro atoms. The number of nitrogens with zero attached hydrogens (tertiary/aromatic N) is 3. The summed E-state index contributed by atoms with van der Waals surface area (Å²) in [6.45, 7) is 3.92. The van der Waals surface area contributed by atoms with E-state index < -0.39 is 0 Å². The Bertz CT molecular complexity index is 441. The zero-order valence-electron chi connectivity index (χ0n) is 11.8. The highest BCUT2D eigenvalue weighted by Gasteiger charge is 2.17. The first-order valence-electron chi connectivity index (χ1n) is 6.59. The van der Waals surface area contributed by atoms with Gasteiger partial charge in [0.1, 0.15) is 0 Å². The summed E-state index contributed by atoms with van der Waals surface area (Å²) in [4.78, 5) is 22.4. The average Bonchev–Trinajstić information content (AvgIpc) is 2.69. The molecule has 1 fully saturated rings. The SMILES string of the molecule is CSc1ncc(C(=O)NC[C@@H]2COCCN(C)C2)cn1. The van der Waals surface area contributed by atoms with Crippen LogP contribution < -0.4 is 5.32 Å². The van der Waals surface area contributed by atoms with Gasteiger partial charge in [0, 0.05) is 37.9 Å². The molecule has 2 rings (SSSR count). The van der Waals surface area contributed by atoms with Crippen molar-refractivity contribution in [1.82, 2.24) is 20.2 Å². The molecule has 2 heterocycles. The van der Waals surface area contributed by atoms with E-state index in [-0.39, 0.29) is 5.91 Å². The van der Waals surface area contributed by atoms with Crippen LogP contribution in [0.5, 0.6) is 0 Å². The third-order valence-corrected chi connectivity index (χ3v) is 3.74. The van der Waals surface area contributed by atoms with Crippen LogP contribution in [0.3, 0.4) is 0 Å². The largest absolute Gasteiger partial charge is 0.380 e. The number of thioether (sulfide) groups is 1. The lowest BCUT2D eigenvalue weighted by molar-refractivity contribution is 0.0920. The summed E-state index contributed by atoms with van der Waals surface area (Å²) in [6, 6.07) is 0. The Morgan fingerprint density at radius 1 is 1.55 bits per heavy atom. The summed E-state index contributed by atoms with van der Waals surface area (Å²) >= 11 is 1.45. The first-order chi connectivity index (χ1) is 9.69. The molecule has 0 unspecified atom stereocenters. The van der Waals surface area contributed by atoms with Gasteiger partial charge in [-0.2, -0.15) is 0 Å². The molecular formula is C13H20N4O2S. The van der Waals surface area contributed by atoms with E-state index in [2.05, 4.69) is 27.2 Å². The summed E-state index contributed by atoms with van der Waals surface area (Å²) in [5.74, 6) is 0.183. The van der Waals surface area contributed by atoms with Gasteiger partial charge in [-0.05, 0) is 13.3 Å². The van der Waals surface area contributed by atoms with E-state index in [9.17, 15) is 4.79 Å².